The lowest BCUT2D eigenvalue weighted by Crippen LogP contribution is -2.25. The molecule has 38 heavy (non-hydrogen) atoms. The Morgan fingerprint density at radius 1 is 0.842 bits per heavy atom. The minimum absolute atomic E-state index is 0.254. The largest absolute Gasteiger partial charge is 0.457 e. The Balaban J connectivity index is 1.29. The number of benzene rings is 4. The Morgan fingerprint density at radius 3 is 2.13 bits per heavy atom. The van der Waals surface area contributed by atoms with Crippen LogP contribution >= 0.6 is 22.9 Å². The molecule has 6 rings (SSSR count). The van der Waals surface area contributed by atoms with Crippen molar-refractivity contribution >= 4 is 44.8 Å². The molecule has 0 bridgehead atoms. The number of fused-ring (bicyclic) bond motifs is 1. The topological polar surface area (TPSA) is 60.4 Å². The molecule has 6 nitrogen and oxygen atoms in total. The highest BCUT2D eigenvalue weighted by molar-refractivity contribution is 7.21. The Labute approximate surface area is 228 Å². The van der Waals surface area contributed by atoms with E-state index in [4.69, 9.17) is 25.8 Å². The molecule has 0 radical (unpaired) electrons. The first-order valence-electron chi connectivity index (χ1n) is 11.9. The molecule has 8 heteroatoms. The molecule has 0 spiro atoms. The number of carbonyl (C=O) groups is 1. The number of halogens is 1. The summed E-state index contributed by atoms with van der Waals surface area (Å²) >= 11 is 8.27. The van der Waals surface area contributed by atoms with Crippen LogP contribution < -0.4 is 9.47 Å². The zero-order chi connectivity index (χ0) is 26.1. The van der Waals surface area contributed by atoms with Crippen molar-refractivity contribution in [1.82, 2.24) is 5.01 Å². The van der Waals surface area contributed by atoms with Crippen LogP contribution in [0.2, 0.25) is 5.02 Å². The monoisotopic (exact) mass is 540 g/mol. The van der Waals surface area contributed by atoms with Gasteiger partial charge in [0.25, 0.3) is 5.90 Å². The van der Waals surface area contributed by atoms with Gasteiger partial charge in [-0.2, -0.15) is 5.01 Å². The lowest BCUT2D eigenvalue weighted by Gasteiger charge is -2.19. The fraction of sp³-hybridized carbons (Fsp3) is 0.0667. The van der Waals surface area contributed by atoms with Crippen molar-refractivity contribution in [3.05, 3.63) is 119 Å². The minimum Gasteiger partial charge on any atom is -0.457 e. The van der Waals surface area contributed by atoms with Crippen LogP contribution in [0.5, 0.6) is 23.0 Å². The van der Waals surface area contributed by atoms with Gasteiger partial charge in [0.1, 0.15) is 27.9 Å². The van der Waals surface area contributed by atoms with E-state index in [0.29, 0.717) is 27.1 Å². The molecular weight excluding hydrogens is 520 g/mol. The van der Waals surface area contributed by atoms with Gasteiger partial charge in [-0.15, -0.1) is 16.4 Å². The van der Waals surface area contributed by atoms with Gasteiger partial charge in [-0.3, -0.25) is 4.79 Å². The summed E-state index contributed by atoms with van der Waals surface area (Å²) in [6.07, 6.45) is -0.750. The smallest absolute Gasteiger partial charge is 0.252 e. The Hall–Kier alpha value is -4.33. The van der Waals surface area contributed by atoms with E-state index in [-0.39, 0.29) is 11.8 Å². The summed E-state index contributed by atoms with van der Waals surface area (Å²) in [4.78, 5) is 13.2. The lowest BCUT2D eigenvalue weighted by atomic mass is 10.2. The number of para-hydroxylation sites is 2. The maximum Gasteiger partial charge on any atom is 0.252 e. The minimum atomic E-state index is -0.750. The van der Waals surface area contributed by atoms with Crippen molar-refractivity contribution in [2.75, 3.05) is 0 Å². The third-order valence-corrected chi connectivity index (χ3v) is 7.52. The third-order valence-electron chi connectivity index (χ3n) is 5.86. The van der Waals surface area contributed by atoms with Crippen LogP contribution in [0.15, 0.2) is 108 Å². The van der Waals surface area contributed by atoms with E-state index in [1.807, 2.05) is 103 Å². The summed E-state index contributed by atoms with van der Waals surface area (Å²) in [5.74, 6) is 2.78. The molecule has 188 valence electrons. The van der Waals surface area contributed by atoms with Gasteiger partial charge in [0.05, 0.1) is 5.02 Å². The predicted octanol–water partition coefficient (Wildman–Crippen LogP) is 8.38. The molecule has 0 saturated heterocycles. The van der Waals surface area contributed by atoms with Crippen molar-refractivity contribution < 1.29 is 19.0 Å². The van der Waals surface area contributed by atoms with E-state index < -0.39 is 6.23 Å². The molecule has 4 aromatic carbocycles. The number of nitrogens with zero attached hydrogens (tertiary/aromatic N) is 2. The molecule has 0 N–H and O–H groups in total. The van der Waals surface area contributed by atoms with E-state index >= 15 is 0 Å². The van der Waals surface area contributed by atoms with E-state index in [9.17, 15) is 4.79 Å². The SMILES string of the molecule is CC(=O)N1N=C(c2sc3ccc(Oc4ccccc4)cc3c2Cl)OC1c1cccc(Oc2ccccc2)c1. The van der Waals surface area contributed by atoms with Crippen LogP contribution in [0.3, 0.4) is 0 Å². The summed E-state index contributed by atoms with van der Waals surface area (Å²) < 4.78 is 19.1. The normalized spacial score (nSPS) is 14.7. The Kier molecular flexibility index (Phi) is 6.45. The van der Waals surface area contributed by atoms with Crippen molar-refractivity contribution in [3.8, 4) is 23.0 Å². The number of hydrogen-bond donors (Lipinski definition) is 0. The summed E-state index contributed by atoms with van der Waals surface area (Å²) in [7, 11) is 0. The molecule has 0 fully saturated rings. The number of thiophene rings is 1. The van der Waals surface area contributed by atoms with Gasteiger partial charge in [0, 0.05) is 22.6 Å². The molecule has 1 aliphatic heterocycles. The van der Waals surface area contributed by atoms with Crippen LogP contribution in [0.4, 0.5) is 0 Å². The summed E-state index contributed by atoms with van der Waals surface area (Å²) in [5, 5.41) is 7.14. The Morgan fingerprint density at radius 2 is 1.47 bits per heavy atom. The zero-order valence-corrected chi connectivity index (χ0v) is 21.8. The first-order chi connectivity index (χ1) is 18.5. The molecule has 1 unspecified atom stereocenters. The molecule has 0 saturated carbocycles. The fourth-order valence-corrected chi connectivity index (χ4v) is 5.51. The van der Waals surface area contributed by atoms with E-state index in [2.05, 4.69) is 5.10 Å². The van der Waals surface area contributed by atoms with Crippen molar-refractivity contribution in [3.63, 3.8) is 0 Å². The first kappa shape index (κ1) is 24.0. The standard InChI is InChI=1S/C30H21ClN2O4S/c1-19(34)33-30(20-9-8-14-23(17-20)35-21-10-4-2-5-11-21)37-29(32-33)28-27(31)25-18-24(15-16-26(25)38-28)36-22-12-6-3-7-13-22/h2-18,30H,1H3. The second kappa shape index (κ2) is 10.2. The molecule has 1 amide bonds. The second-order valence-electron chi connectivity index (χ2n) is 8.54. The molecule has 1 aliphatic rings. The van der Waals surface area contributed by atoms with E-state index in [1.165, 1.54) is 23.3 Å². The third kappa shape index (κ3) is 4.81. The number of amides is 1. The molecule has 0 aliphatic carbocycles. The second-order valence-corrected chi connectivity index (χ2v) is 9.97. The van der Waals surface area contributed by atoms with Gasteiger partial charge in [-0.1, -0.05) is 60.1 Å². The maximum atomic E-state index is 12.5. The van der Waals surface area contributed by atoms with Crippen LogP contribution in [-0.2, 0) is 9.53 Å². The summed E-state index contributed by atoms with van der Waals surface area (Å²) in [6, 6.07) is 32.2. The highest BCUT2D eigenvalue weighted by Gasteiger charge is 2.35. The molecule has 5 aromatic rings. The number of hydrogen-bond acceptors (Lipinski definition) is 6. The number of rotatable bonds is 6. The van der Waals surface area contributed by atoms with Gasteiger partial charge in [0.2, 0.25) is 12.1 Å². The molecular formula is C30H21ClN2O4S. The number of carbonyl (C=O) groups excluding carboxylic acids is 1. The van der Waals surface area contributed by atoms with E-state index in [0.717, 1.165) is 21.4 Å². The summed E-state index contributed by atoms with van der Waals surface area (Å²) in [6.45, 7) is 1.45. The van der Waals surface area contributed by atoms with Crippen LogP contribution in [0.25, 0.3) is 10.1 Å². The molecule has 1 aromatic heterocycles. The van der Waals surface area contributed by atoms with Crippen LogP contribution in [0, 0.1) is 0 Å². The first-order valence-corrected chi connectivity index (χ1v) is 13.1. The van der Waals surface area contributed by atoms with Gasteiger partial charge < -0.3 is 14.2 Å². The Bertz CT molecular complexity index is 1650. The highest BCUT2D eigenvalue weighted by Crippen LogP contribution is 2.42. The average Bonchev–Trinajstić information content (AvgIpc) is 3.52. The quantitative estimate of drug-likeness (QED) is 0.217. The van der Waals surface area contributed by atoms with Crippen LogP contribution in [0.1, 0.15) is 23.6 Å². The number of ether oxygens (including phenoxy) is 3. The average molecular weight is 541 g/mol. The van der Waals surface area contributed by atoms with Gasteiger partial charge in [-0.05, 0) is 54.6 Å². The maximum absolute atomic E-state index is 12.5. The highest BCUT2D eigenvalue weighted by atomic mass is 35.5. The molecule has 1 atom stereocenters. The molecule has 2 heterocycles. The van der Waals surface area contributed by atoms with Crippen molar-refractivity contribution in [2.45, 2.75) is 13.2 Å². The van der Waals surface area contributed by atoms with Crippen molar-refractivity contribution in [1.29, 1.82) is 0 Å². The lowest BCUT2D eigenvalue weighted by molar-refractivity contribution is -0.135. The van der Waals surface area contributed by atoms with Gasteiger partial charge >= 0.3 is 0 Å². The van der Waals surface area contributed by atoms with Gasteiger partial charge in [0.15, 0.2) is 0 Å². The van der Waals surface area contributed by atoms with E-state index in [1.54, 1.807) is 0 Å². The van der Waals surface area contributed by atoms with Gasteiger partial charge in [-0.25, -0.2) is 0 Å². The predicted molar refractivity (Wildman–Crippen MR) is 149 cm³/mol. The number of hydrazone groups is 1. The summed E-state index contributed by atoms with van der Waals surface area (Å²) in [5.41, 5.74) is 0.725. The zero-order valence-electron chi connectivity index (χ0n) is 20.2. The van der Waals surface area contributed by atoms with Crippen LogP contribution in [-0.4, -0.2) is 16.8 Å². The van der Waals surface area contributed by atoms with Crippen molar-refractivity contribution in [2.24, 2.45) is 5.10 Å². The fourth-order valence-electron chi connectivity index (χ4n) is 4.10.